The highest BCUT2D eigenvalue weighted by Gasteiger charge is 2.17. The van der Waals surface area contributed by atoms with Crippen LogP contribution in [0.25, 0.3) is 6.08 Å². The van der Waals surface area contributed by atoms with E-state index in [1.807, 2.05) is 12.1 Å². The Morgan fingerprint density at radius 2 is 2.16 bits per heavy atom. The maximum absolute atomic E-state index is 12.0. The molecule has 2 rings (SSSR count). The molecule has 1 aromatic carbocycles. The van der Waals surface area contributed by atoms with Crippen molar-refractivity contribution < 1.29 is 14.3 Å². The number of nitrogens with one attached hydrogen (secondary N) is 1. The summed E-state index contributed by atoms with van der Waals surface area (Å²) in [4.78, 5) is 14.5. The largest absolute Gasteiger partial charge is 0.497 e. The van der Waals surface area contributed by atoms with Crippen molar-refractivity contribution >= 4 is 12.0 Å². The number of nitrogens with zero attached hydrogens (tertiary/aromatic N) is 1. The monoisotopic (exact) mass is 346 g/mol. The van der Waals surface area contributed by atoms with Gasteiger partial charge in [-0.25, -0.2) is 0 Å². The van der Waals surface area contributed by atoms with E-state index in [4.69, 9.17) is 9.47 Å². The van der Waals surface area contributed by atoms with Crippen LogP contribution in [0.4, 0.5) is 0 Å². The highest BCUT2D eigenvalue weighted by atomic mass is 16.5. The van der Waals surface area contributed by atoms with Crippen LogP contribution < -0.4 is 14.8 Å². The second kappa shape index (κ2) is 10.1. The van der Waals surface area contributed by atoms with Crippen molar-refractivity contribution in [2.24, 2.45) is 0 Å². The summed E-state index contributed by atoms with van der Waals surface area (Å²) in [5.41, 5.74) is 0.848. The summed E-state index contributed by atoms with van der Waals surface area (Å²) in [6.45, 7) is 5.23. The standard InChI is InChI=1S/C20H30N2O3/c1-16-7-4-5-13-22(16)14-6-12-21-20(23)11-9-17-8-10-18(24-2)15-19(17)25-3/h8-11,15-16H,4-7,12-14H2,1-3H3,(H,21,23)/b11-9+/t16-/m1/s1. The summed E-state index contributed by atoms with van der Waals surface area (Å²) in [5, 5.41) is 2.95. The van der Waals surface area contributed by atoms with Gasteiger partial charge < -0.3 is 19.7 Å². The van der Waals surface area contributed by atoms with E-state index in [1.54, 1.807) is 32.4 Å². The van der Waals surface area contributed by atoms with Crippen molar-refractivity contribution in [2.75, 3.05) is 33.9 Å². The quantitative estimate of drug-likeness (QED) is 0.580. The van der Waals surface area contributed by atoms with E-state index in [0.717, 1.165) is 24.3 Å². The van der Waals surface area contributed by atoms with Crippen LogP contribution in [0.3, 0.4) is 0 Å². The van der Waals surface area contributed by atoms with Gasteiger partial charge in [0.1, 0.15) is 11.5 Å². The van der Waals surface area contributed by atoms with E-state index < -0.39 is 0 Å². The van der Waals surface area contributed by atoms with E-state index in [-0.39, 0.29) is 5.91 Å². The van der Waals surface area contributed by atoms with Crippen LogP contribution >= 0.6 is 0 Å². The first-order valence-corrected chi connectivity index (χ1v) is 9.06. The molecule has 1 heterocycles. The Labute approximate surface area is 151 Å². The third kappa shape index (κ3) is 6.09. The Morgan fingerprint density at radius 1 is 1.32 bits per heavy atom. The summed E-state index contributed by atoms with van der Waals surface area (Å²) in [7, 11) is 3.22. The minimum Gasteiger partial charge on any atom is -0.497 e. The first kappa shape index (κ1) is 19.3. The van der Waals surface area contributed by atoms with E-state index >= 15 is 0 Å². The molecule has 1 atom stereocenters. The fourth-order valence-corrected chi connectivity index (χ4v) is 3.16. The molecule has 1 fully saturated rings. The molecule has 1 amide bonds. The van der Waals surface area contributed by atoms with Gasteiger partial charge in [0.25, 0.3) is 0 Å². The van der Waals surface area contributed by atoms with Gasteiger partial charge in [0, 0.05) is 36.8 Å². The number of hydrogen-bond acceptors (Lipinski definition) is 4. The smallest absolute Gasteiger partial charge is 0.244 e. The Bertz CT molecular complexity index is 586. The number of ether oxygens (including phenoxy) is 2. The second-order valence-electron chi connectivity index (χ2n) is 6.47. The van der Waals surface area contributed by atoms with E-state index in [9.17, 15) is 4.79 Å². The summed E-state index contributed by atoms with van der Waals surface area (Å²) < 4.78 is 10.5. The van der Waals surface area contributed by atoms with Crippen molar-refractivity contribution in [3.8, 4) is 11.5 Å². The van der Waals surface area contributed by atoms with E-state index in [2.05, 4.69) is 17.1 Å². The van der Waals surface area contributed by atoms with Crippen LogP contribution in [0.1, 0.15) is 38.2 Å². The highest BCUT2D eigenvalue weighted by Crippen LogP contribution is 2.25. The normalized spacial score (nSPS) is 18.3. The molecule has 0 unspecified atom stereocenters. The van der Waals surface area contributed by atoms with Gasteiger partial charge in [-0.1, -0.05) is 6.42 Å². The average Bonchev–Trinajstić information content (AvgIpc) is 2.64. The lowest BCUT2D eigenvalue weighted by molar-refractivity contribution is -0.116. The third-order valence-electron chi connectivity index (χ3n) is 4.72. The number of likely N-dealkylation sites (tertiary alicyclic amines) is 1. The van der Waals surface area contributed by atoms with Gasteiger partial charge >= 0.3 is 0 Å². The fraction of sp³-hybridized carbons (Fsp3) is 0.550. The number of methoxy groups -OCH3 is 2. The van der Waals surface area contributed by atoms with Gasteiger partial charge in [-0.15, -0.1) is 0 Å². The topological polar surface area (TPSA) is 50.8 Å². The van der Waals surface area contributed by atoms with Crippen molar-refractivity contribution in [3.05, 3.63) is 29.8 Å². The molecule has 5 heteroatoms. The van der Waals surface area contributed by atoms with E-state index in [1.165, 1.54) is 25.8 Å². The maximum atomic E-state index is 12.0. The molecule has 0 saturated carbocycles. The number of hydrogen-bond donors (Lipinski definition) is 1. The van der Waals surface area contributed by atoms with Gasteiger partial charge in [-0.3, -0.25) is 4.79 Å². The molecular weight excluding hydrogens is 316 g/mol. The number of carbonyl (C=O) groups is 1. The SMILES string of the molecule is COc1ccc(/C=C/C(=O)NCCCN2CCCC[C@H]2C)c(OC)c1. The van der Waals surface area contributed by atoms with Crippen LogP contribution in [0, 0.1) is 0 Å². The lowest BCUT2D eigenvalue weighted by atomic mass is 10.0. The number of benzene rings is 1. The molecule has 1 aliphatic rings. The molecular formula is C20H30N2O3. The molecule has 1 saturated heterocycles. The molecule has 1 aliphatic heterocycles. The van der Waals surface area contributed by atoms with Gasteiger partial charge in [-0.05, 0) is 50.9 Å². The van der Waals surface area contributed by atoms with Crippen molar-refractivity contribution in [3.63, 3.8) is 0 Å². The van der Waals surface area contributed by atoms with Crippen LogP contribution in [0.5, 0.6) is 11.5 Å². The van der Waals surface area contributed by atoms with Crippen molar-refractivity contribution in [2.45, 2.75) is 38.6 Å². The summed E-state index contributed by atoms with van der Waals surface area (Å²) in [5.74, 6) is 1.33. The molecule has 0 aromatic heterocycles. The molecule has 0 bridgehead atoms. The second-order valence-corrected chi connectivity index (χ2v) is 6.47. The van der Waals surface area contributed by atoms with Gasteiger partial charge in [0.2, 0.25) is 5.91 Å². The van der Waals surface area contributed by atoms with Crippen LogP contribution in [-0.4, -0.2) is 50.7 Å². The molecule has 25 heavy (non-hydrogen) atoms. The van der Waals surface area contributed by atoms with Crippen molar-refractivity contribution in [1.29, 1.82) is 0 Å². The molecule has 0 aliphatic carbocycles. The summed E-state index contributed by atoms with van der Waals surface area (Å²) in [6, 6.07) is 6.20. The Hall–Kier alpha value is -2.01. The minimum absolute atomic E-state index is 0.0791. The Balaban J connectivity index is 1.75. The van der Waals surface area contributed by atoms with E-state index in [0.29, 0.717) is 18.3 Å². The zero-order valence-electron chi connectivity index (χ0n) is 15.6. The Morgan fingerprint density at radius 3 is 2.88 bits per heavy atom. The first-order valence-electron chi connectivity index (χ1n) is 9.06. The first-order chi connectivity index (χ1) is 12.1. The Kier molecular flexibility index (Phi) is 7.79. The third-order valence-corrected chi connectivity index (χ3v) is 4.72. The summed E-state index contributed by atoms with van der Waals surface area (Å²) in [6.07, 6.45) is 8.22. The number of carbonyl (C=O) groups excluding carboxylic acids is 1. The summed E-state index contributed by atoms with van der Waals surface area (Å²) >= 11 is 0. The van der Waals surface area contributed by atoms with Crippen LogP contribution in [0.15, 0.2) is 24.3 Å². The van der Waals surface area contributed by atoms with Crippen molar-refractivity contribution in [1.82, 2.24) is 10.2 Å². The molecule has 1 N–H and O–H groups in total. The molecule has 1 aromatic rings. The number of amides is 1. The predicted octanol–water partition coefficient (Wildman–Crippen LogP) is 3.10. The molecule has 5 nitrogen and oxygen atoms in total. The zero-order valence-corrected chi connectivity index (χ0v) is 15.6. The minimum atomic E-state index is -0.0791. The highest BCUT2D eigenvalue weighted by molar-refractivity contribution is 5.92. The zero-order chi connectivity index (χ0) is 18.1. The lowest BCUT2D eigenvalue weighted by Crippen LogP contribution is -2.39. The van der Waals surface area contributed by atoms with Crippen LogP contribution in [0.2, 0.25) is 0 Å². The fourth-order valence-electron chi connectivity index (χ4n) is 3.16. The molecule has 138 valence electrons. The van der Waals surface area contributed by atoms with Gasteiger partial charge in [0.05, 0.1) is 14.2 Å². The number of piperidine rings is 1. The molecule has 0 radical (unpaired) electrons. The molecule has 0 spiro atoms. The van der Waals surface area contributed by atoms with Gasteiger partial charge in [0.15, 0.2) is 0 Å². The predicted molar refractivity (Wildman–Crippen MR) is 101 cm³/mol. The lowest BCUT2D eigenvalue weighted by Gasteiger charge is -2.33. The average molecular weight is 346 g/mol. The number of rotatable bonds is 8. The van der Waals surface area contributed by atoms with Gasteiger partial charge in [-0.2, -0.15) is 0 Å². The van der Waals surface area contributed by atoms with Crippen LogP contribution in [-0.2, 0) is 4.79 Å². The maximum Gasteiger partial charge on any atom is 0.244 e.